The molecule has 2 atom stereocenters. The molecule has 1 saturated heterocycles. The first-order valence-electron chi connectivity index (χ1n) is 9.14. The second-order valence-corrected chi connectivity index (χ2v) is 7.24. The summed E-state index contributed by atoms with van der Waals surface area (Å²) in [6.07, 6.45) is 2.86. The molecule has 2 rings (SSSR count). The Morgan fingerprint density at radius 3 is 2.12 bits per heavy atom. The number of carbonyl (C=O) groups excluding carboxylic acids is 2. The van der Waals surface area contributed by atoms with E-state index in [1.54, 1.807) is 0 Å². The second kappa shape index (κ2) is 8.32. The van der Waals surface area contributed by atoms with Gasteiger partial charge in [0, 0.05) is 30.3 Å². The lowest BCUT2D eigenvalue weighted by molar-refractivity contribution is -0.120. The average molecular weight is 330 g/mol. The van der Waals surface area contributed by atoms with Crippen molar-refractivity contribution >= 4 is 17.5 Å². The molecule has 132 valence electrons. The van der Waals surface area contributed by atoms with Crippen LogP contribution in [0.25, 0.3) is 0 Å². The van der Waals surface area contributed by atoms with Crippen molar-refractivity contribution in [3.63, 3.8) is 0 Å². The number of likely N-dealkylation sites (tertiary alicyclic amines) is 1. The molecule has 1 aliphatic rings. The molecular formula is C20H30N2O2. The van der Waals surface area contributed by atoms with E-state index < -0.39 is 0 Å². The summed E-state index contributed by atoms with van der Waals surface area (Å²) in [5.41, 5.74) is 1.45. The molecular weight excluding hydrogens is 300 g/mol. The van der Waals surface area contributed by atoms with Gasteiger partial charge in [0.05, 0.1) is 0 Å². The molecule has 0 radical (unpaired) electrons. The molecule has 0 aromatic heterocycles. The summed E-state index contributed by atoms with van der Waals surface area (Å²) < 4.78 is 0. The molecule has 0 spiro atoms. The van der Waals surface area contributed by atoms with Crippen LogP contribution in [0.1, 0.15) is 57.3 Å². The Hall–Kier alpha value is -1.84. The van der Waals surface area contributed by atoms with Crippen molar-refractivity contribution in [3.8, 4) is 0 Å². The van der Waals surface area contributed by atoms with Gasteiger partial charge >= 0.3 is 0 Å². The van der Waals surface area contributed by atoms with Crippen LogP contribution in [0.3, 0.4) is 0 Å². The summed E-state index contributed by atoms with van der Waals surface area (Å²) in [5, 5.41) is 2.94. The van der Waals surface area contributed by atoms with Gasteiger partial charge < -0.3 is 10.2 Å². The highest BCUT2D eigenvalue weighted by molar-refractivity contribution is 5.96. The van der Waals surface area contributed by atoms with Gasteiger partial charge in [-0.15, -0.1) is 0 Å². The van der Waals surface area contributed by atoms with Crippen LogP contribution in [0.4, 0.5) is 5.69 Å². The van der Waals surface area contributed by atoms with Gasteiger partial charge in [0.2, 0.25) is 5.91 Å². The molecule has 0 bridgehead atoms. The van der Waals surface area contributed by atoms with Crippen LogP contribution < -0.4 is 5.32 Å². The highest BCUT2D eigenvalue weighted by atomic mass is 16.2. The number of hydrogen-bond donors (Lipinski definition) is 1. The largest absolute Gasteiger partial charge is 0.338 e. The summed E-state index contributed by atoms with van der Waals surface area (Å²) in [6, 6.07) is 7.28. The van der Waals surface area contributed by atoms with Crippen LogP contribution in [-0.4, -0.2) is 29.8 Å². The molecule has 0 saturated carbocycles. The molecule has 1 heterocycles. The van der Waals surface area contributed by atoms with E-state index in [4.69, 9.17) is 0 Å². The fourth-order valence-electron chi connectivity index (χ4n) is 3.61. The Bertz CT molecular complexity index is 554. The summed E-state index contributed by atoms with van der Waals surface area (Å²) in [5.74, 6) is 1.29. The standard InChI is InChI=1S/C20H30N2O2/c1-5-16(6-2)19(23)21-18-9-7-17(8-10-18)20(24)22-12-14(3)11-15(4)13-22/h7-10,14-16H,5-6,11-13H2,1-4H3,(H,21,23). The van der Waals surface area contributed by atoms with E-state index in [1.807, 2.05) is 43.0 Å². The van der Waals surface area contributed by atoms with E-state index in [0.29, 0.717) is 17.4 Å². The Kier molecular flexibility index (Phi) is 6.41. The number of nitrogens with one attached hydrogen (secondary N) is 1. The Balaban J connectivity index is 2.01. The van der Waals surface area contributed by atoms with Gasteiger partial charge in [-0.3, -0.25) is 9.59 Å². The van der Waals surface area contributed by atoms with E-state index in [9.17, 15) is 9.59 Å². The zero-order chi connectivity index (χ0) is 17.7. The molecule has 2 amide bonds. The maximum atomic E-state index is 12.7. The third-order valence-electron chi connectivity index (χ3n) is 4.91. The number of rotatable bonds is 5. The summed E-state index contributed by atoms with van der Waals surface area (Å²) >= 11 is 0. The van der Waals surface area contributed by atoms with E-state index in [1.165, 1.54) is 6.42 Å². The third kappa shape index (κ3) is 4.59. The predicted octanol–water partition coefficient (Wildman–Crippen LogP) is 4.18. The lowest BCUT2D eigenvalue weighted by Crippen LogP contribution is -2.42. The second-order valence-electron chi connectivity index (χ2n) is 7.24. The number of hydrogen-bond acceptors (Lipinski definition) is 2. The molecule has 24 heavy (non-hydrogen) atoms. The smallest absolute Gasteiger partial charge is 0.253 e. The number of nitrogens with zero attached hydrogens (tertiary/aromatic N) is 1. The Morgan fingerprint density at radius 2 is 1.62 bits per heavy atom. The van der Waals surface area contributed by atoms with Gasteiger partial charge in [-0.1, -0.05) is 27.7 Å². The van der Waals surface area contributed by atoms with E-state index in [-0.39, 0.29) is 17.7 Å². The number of benzene rings is 1. The van der Waals surface area contributed by atoms with Crippen molar-refractivity contribution < 1.29 is 9.59 Å². The predicted molar refractivity (Wildman–Crippen MR) is 98.0 cm³/mol. The fourth-order valence-corrected chi connectivity index (χ4v) is 3.61. The Labute approximate surface area is 145 Å². The van der Waals surface area contributed by atoms with Crippen molar-refractivity contribution in [2.45, 2.75) is 47.0 Å². The molecule has 1 aliphatic heterocycles. The SMILES string of the molecule is CCC(CC)C(=O)Nc1ccc(C(=O)N2CC(C)CC(C)C2)cc1. The number of piperidine rings is 1. The molecule has 0 aliphatic carbocycles. The summed E-state index contributed by atoms with van der Waals surface area (Å²) in [6.45, 7) is 10.1. The zero-order valence-corrected chi connectivity index (χ0v) is 15.3. The van der Waals surface area contributed by atoms with Gasteiger partial charge in [-0.25, -0.2) is 0 Å². The van der Waals surface area contributed by atoms with Gasteiger partial charge in [0.25, 0.3) is 5.91 Å². The highest BCUT2D eigenvalue weighted by Gasteiger charge is 2.26. The van der Waals surface area contributed by atoms with Crippen molar-refractivity contribution in [1.82, 2.24) is 4.90 Å². The quantitative estimate of drug-likeness (QED) is 0.880. The van der Waals surface area contributed by atoms with E-state index in [2.05, 4.69) is 19.2 Å². The maximum Gasteiger partial charge on any atom is 0.253 e. The summed E-state index contributed by atoms with van der Waals surface area (Å²) in [4.78, 5) is 26.7. The van der Waals surface area contributed by atoms with E-state index in [0.717, 1.165) is 31.6 Å². The lowest BCUT2D eigenvalue weighted by Gasteiger charge is -2.35. The van der Waals surface area contributed by atoms with Crippen LogP contribution in [0.2, 0.25) is 0 Å². The molecule has 1 aromatic carbocycles. The molecule has 4 nitrogen and oxygen atoms in total. The van der Waals surface area contributed by atoms with Gasteiger partial charge in [0.1, 0.15) is 0 Å². The molecule has 1 N–H and O–H groups in total. The monoisotopic (exact) mass is 330 g/mol. The highest BCUT2D eigenvalue weighted by Crippen LogP contribution is 2.23. The number of amides is 2. The molecule has 4 heteroatoms. The van der Waals surface area contributed by atoms with Gasteiger partial charge in [-0.05, 0) is 55.4 Å². The van der Waals surface area contributed by atoms with Crippen LogP contribution >= 0.6 is 0 Å². The molecule has 2 unspecified atom stereocenters. The van der Waals surface area contributed by atoms with Crippen LogP contribution in [-0.2, 0) is 4.79 Å². The third-order valence-corrected chi connectivity index (χ3v) is 4.91. The fraction of sp³-hybridized carbons (Fsp3) is 0.600. The Morgan fingerprint density at radius 1 is 1.08 bits per heavy atom. The normalized spacial score (nSPS) is 21.0. The first kappa shape index (κ1) is 18.5. The van der Waals surface area contributed by atoms with Crippen LogP contribution in [0.15, 0.2) is 24.3 Å². The average Bonchev–Trinajstić information content (AvgIpc) is 2.55. The van der Waals surface area contributed by atoms with Crippen molar-refractivity contribution in [2.75, 3.05) is 18.4 Å². The molecule has 1 fully saturated rings. The minimum absolute atomic E-state index is 0.0441. The van der Waals surface area contributed by atoms with Crippen molar-refractivity contribution in [1.29, 1.82) is 0 Å². The van der Waals surface area contributed by atoms with E-state index >= 15 is 0 Å². The number of carbonyl (C=O) groups is 2. The van der Waals surface area contributed by atoms with Crippen LogP contribution in [0.5, 0.6) is 0 Å². The van der Waals surface area contributed by atoms with Crippen molar-refractivity contribution in [2.24, 2.45) is 17.8 Å². The lowest BCUT2D eigenvalue weighted by atomic mass is 9.91. The van der Waals surface area contributed by atoms with Gasteiger partial charge in [0.15, 0.2) is 0 Å². The first-order chi connectivity index (χ1) is 11.4. The van der Waals surface area contributed by atoms with Crippen LogP contribution in [0, 0.1) is 17.8 Å². The minimum atomic E-state index is 0.0441. The zero-order valence-electron chi connectivity index (χ0n) is 15.3. The first-order valence-corrected chi connectivity index (χ1v) is 9.14. The van der Waals surface area contributed by atoms with Gasteiger partial charge in [-0.2, -0.15) is 0 Å². The summed E-state index contributed by atoms with van der Waals surface area (Å²) in [7, 11) is 0. The molecule has 1 aromatic rings. The van der Waals surface area contributed by atoms with Crippen molar-refractivity contribution in [3.05, 3.63) is 29.8 Å². The minimum Gasteiger partial charge on any atom is -0.338 e. The topological polar surface area (TPSA) is 49.4 Å². The number of anilines is 1. The maximum absolute atomic E-state index is 12.7.